The van der Waals surface area contributed by atoms with E-state index in [0.29, 0.717) is 17.8 Å². The summed E-state index contributed by atoms with van der Waals surface area (Å²) in [4.78, 5) is 13.4. The number of benzene rings is 1. The molecule has 1 aromatic carbocycles. The molecule has 0 fully saturated rings. The van der Waals surface area contributed by atoms with Crippen molar-refractivity contribution in [3.05, 3.63) is 29.3 Å². The van der Waals surface area contributed by atoms with Crippen LogP contribution in [0.25, 0.3) is 0 Å². The fourth-order valence-corrected chi connectivity index (χ4v) is 1.91. The van der Waals surface area contributed by atoms with Gasteiger partial charge in [-0.15, -0.1) is 0 Å². The number of nitrogens with zero attached hydrogens (tertiary/aromatic N) is 1. The highest BCUT2D eigenvalue weighted by Gasteiger charge is 2.30. The summed E-state index contributed by atoms with van der Waals surface area (Å²) < 4.78 is 0. The van der Waals surface area contributed by atoms with Crippen LogP contribution in [0.15, 0.2) is 18.2 Å². The van der Waals surface area contributed by atoms with Crippen LogP contribution < -0.4 is 5.73 Å². The number of rotatable bonds is 3. The van der Waals surface area contributed by atoms with E-state index in [-0.39, 0.29) is 19.1 Å². The fourth-order valence-electron chi connectivity index (χ4n) is 1.91. The molecule has 1 heterocycles. The third kappa shape index (κ3) is 1.75. The number of aliphatic hydroxyl groups is 2. The van der Waals surface area contributed by atoms with Crippen molar-refractivity contribution in [2.24, 2.45) is 0 Å². The zero-order chi connectivity index (χ0) is 11.7. The van der Waals surface area contributed by atoms with Gasteiger partial charge in [0.25, 0.3) is 5.91 Å². The first-order chi connectivity index (χ1) is 7.63. The van der Waals surface area contributed by atoms with Gasteiger partial charge in [-0.25, -0.2) is 0 Å². The number of nitrogens with two attached hydrogens (primary N) is 1. The van der Waals surface area contributed by atoms with Gasteiger partial charge in [0.2, 0.25) is 0 Å². The molecule has 0 radical (unpaired) electrons. The zero-order valence-corrected chi connectivity index (χ0v) is 8.76. The van der Waals surface area contributed by atoms with Gasteiger partial charge in [-0.05, 0) is 11.6 Å². The first-order valence-corrected chi connectivity index (χ1v) is 5.09. The van der Waals surface area contributed by atoms with E-state index in [2.05, 4.69) is 0 Å². The topological polar surface area (TPSA) is 86.8 Å². The maximum absolute atomic E-state index is 11.9. The summed E-state index contributed by atoms with van der Waals surface area (Å²) in [5.74, 6) is -0.180. The maximum Gasteiger partial charge on any atom is 0.256 e. The average molecular weight is 222 g/mol. The molecule has 4 N–H and O–H groups in total. The lowest BCUT2D eigenvalue weighted by atomic mass is 10.1. The Kier molecular flexibility index (Phi) is 2.80. The van der Waals surface area contributed by atoms with Crippen LogP contribution in [-0.2, 0) is 6.54 Å². The van der Waals surface area contributed by atoms with Gasteiger partial charge in [0, 0.05) is 18.8 Å². The fraction of sp³-hybridized carbons (Fsp3) is 0.364. The minimum Gasteiger partial charge on any atom is -0.398 e. The van der Waals surface area contributed by atoms with Gasteiger partial charge in [-0.1, -0.05) is 12.1 Å². The molecule has 5 nitrogen and oxygen atoms in total. The van der Waals surface area contributed by atoms with Crippen LogP contribution >= 0.6 is 0 Å². The van der Waals surface area contributed by atoms with Crippen molar-refractivity contribution in [3.8, 4) is 0 Å². The van der Waals surface area contributed by atoms with Gasteiger partial charge < -0.3 is 20.8 Å². The molecule has 0 aromatic heterocycles. The van der Waals surface area contributed by atoms with E-state index in [9.17, 15) is 9.90 Å². The van der Waals surface area contributed by atoms with Crippen LogP contribution in [-0.4, -0.2) is 40.3 Å². The summed E-state index contributed by atoms with van der Waals surface area (Å²) in [5.41, 5.74) is 7.58. The van der Waals surface area contributed by atoms with Crippen molar-refractivity contribution >= 4 is 11.6 Å². The number of carbonyl (C=O) groups is 1. The van der Waals surface area contributed by atoms with E-state index in [1.54, 1.807) is 12.1 Å². The van der Waals surface area contributed by atoms with Crippen molar-refractivity contribution in [3.63, 3.8) is 0 Å². The second-order valence-electron chi connectivity index (χ2n) is 3.90. The van der Waals surface area contributed by atoms with Gasteiger partial charge in [-0.3, -0.25) is 4.79 Å². The maximum atomic E-state index is 11.9. The third-order valence-corrected chi connectivity index (χ3v) is 2.69. The summed E-state index contributed by atoms with van der Waals surface area (Å²) in [5, 5.41) is 18.0. The zero-order valence-electron chi connectivity index (χ0n) is 8.76. The number of fused-ring (bicyclic) bond motifs is 1. The first-order valence-electron chi connectivity index (χ1n) is 5.09. The molecule has 86 valence electrons. The van der Waals surface area contributed by atoms with Crippen molar-refractivity contribution in [2.45, 2.75) is 12.6 Å². The summed E-state index contributed by atoms with van der Waals surface area (Å²) >= 11 is 0. The van der Waals surface area contributed by atoms with E-state index in [4.69, 9.17) is 10.8 Å². The van der Waals surface area contributed by atoms with E-state index in [1.807, 2.05) is 6.07 Å². The van der Waals surface area contributed by atoms with Gasteiger partial charge in [0.15, 0.2) is 0 Å². The minimum absolute atomic E-state index is 0.128. The number of aliphatic hydroxyl groups excluding tert-OH is 2. The Bertz CT molecular complexity index is 420. The summed E-state index contributed by atoms with van der Waals surface area (Å²) in [6.45, 7) is 0.218. The highest BCUT2D eigenvalue weighted by molar-refractivity contribution is 6.03. The Labute approximate surface area is 93.1 Å². The third-order valence-electron chi connectivity index (χ3n) is 2.69. The Morgan fingerprint density at radius 1 is 1.50 bits per heavy atom. The normalized spacial score (nSPS) is 16.4. The van der Waals surface area contributed by atoms with Crippen LogP contribution in [0.4, 0.5) is 5.69 Å². The lowest BCUT2D eigenvalue weighted by molar-refractivity contribution is 0.0476. The van der Waals surface area contributed by atoms with Crippen LogP contribution in [0.1, 0.15) is 15.9 Å². The lowest BCUT2D eigenvalue weighted by Gasteiger charge is -2.18. The van der Waals surface area contributed by atoms with Gasteiger partial charge >= 0.3 is 0 Å². The molecule has 1 aliphatic rings. The molecule has 1 aliphatic heterocycles. The molecule has 0 unspecified atom stereocenters. The number of hydrogen-bond donors (Lipinski definition) is 3. The van der Waals surface area contributed by atoms with Crippen LogP contribution in [0.5, 0.6) is 0 Å². The van der Waals surface area contributed by atoms with E-state index in [1.165, 1.54) is 4.90 Å². The molecule has 16 heavy (non-hydrogen) atoms. The van der Waals surface area contributed by atoms with E-state index >= 15 is 0 Å². The smallest absolute Gasteiger partial charge is 0.256 e. The molecule has 1 aromatic rings. The molecular formula is C11H14N2O3. The summed E-state index contributed by atoms with van der Waals surface area (Å²) in [6, 6.07) is 5.32. The van der Waals surface area contributed by atoms with Crippen molar-refractivity contribution in [2.75, 3.05) is 18.9 Å². The second kappa shape index (κ2) is 4.11. The highest BCUT2D eigenvalue weighted by Crippen LogP contribution is 2.27. The Hall–Kier alpha value is -1.59. The van der Waals surface area contributed by atoms with E-state index < -0.39 is 6.10 Å². The van der Waals surface area contributed by atoms with E-state index in [0.717, 1.165) is 5.56 Å². The Morgan fingerprint density at radius 2 is 2.25 bits per heavy atom. The monoisotopic (exact) mass is 222 g/mol. The largest absolute Gasteiger partial charge is 0.398 e. The van der Waals surface area contributed by atoms with Crippen molar-refractivity contribution in [1.82, 2.24) is 4.90 Å². The standard InChI is InChI=1S/C11H14N2O3/c12-9-3-1-2-7-4-13(5-8(15)6-14)11(16)10(7)9/h1-3,8,14-15H,4-6,12H2/t8-/m0/s1. The molecule has 0 bridgehead atoms. The molecule has 0 saturated carbocycles. The predicted octanol–water partition coefficient (Wildman–Crippen LogP) is -0.422. The quantitative estimate of drug-likeness (QED) is 0.606. The highest BCUT2D eigenvalue weighted by atomic mass is 16.3. The average Bonchev–Trinajstić information content (AvgIpc) is 2.57. The second-order valence-corrected chi connectivity index (χ2v) is 3.90. The molecule has 0 saturated heterocycles. The number of anilines is 1. The van der Waals surface area contributed by atoms with Crippen LogP contribution in [0, 0.1) is 0 Å². The molecule has 5 heteroatoms. The molecule has 0 spiro atoms. The summed E-state index contributed by atoms with van der Waals surface area (Å²) in [6.07, 6.45) is -0.903. The van der Waals surface area contributed by atoms with Crippen LogP contribution in [0.3, 0.4) is 0 Å². The number of carbonyl (C=O) groups excluding carboxylic acids is 1. The number of nitrogen functional groups attached to an aromatic ring is 1. The van der Waals surface area contributed by atoms with Crippen LogP contribution in [0.2, 0.25) is 0 Å². The first kappa shape index (κ1) is 10.9. The minimum atomic E-state index is -0.903. The van der Waals surface area contributed by atoms with Gasteiger partial charge in [0.05, 0.1) is 18.3 Å². The van der Waals surface area contributed by atoms with Crippen molar-refractivity contribution < 1.29 is 15.0 Å². The number of hydrogen-bond acceptors (Lipinski definition) is 4. The number of β-amino-alcohol motifs (C(OH)–C–C–N with tert-alkyl or cyclic N) is 1. The van der Waals surface area contributed by atoms with Gasteiger partial charge in [0.1, 0.15) is 0 Å². The Balaban J connectivity index is 2.21. The lowest BCUT2D eigenvalue weighted by Crippen LogP contribution is -2.34. The Morgan fingerprint density at radius 3 is 2.88 bits per heavy atom. The molecule has 1 atom stereocenters. The molecule has 1 amide bonds. The SMILES string of the molecule is Nc1cccc2c1C(=O)N(C[C@H](O)CO)C2. The van der Waals surface area contributed by atoms with Gasteiger partial charge in [-0.2, -0.15) is 0 Å². The molecule has 0 aliphatic carbocycles. The molecular weight excluding hydrogens is 208 g/mol. The van der Waals surface area contributed by atoms with Crippen molar-refractivity contribution in [1.29, 1.82) is 0 Å². The predicted molar refractivity (Wildman–Crippen MR) is 58.7 cm³/mol. The number of amides is 1. The summed E-state index contributed by atoms with van der Waals surface area (Å²) in [7, 11) is 0. The molecule has 2 rings (SSSR count).